The van der Waals surface area contributed by atoms with Crippen molar-refractivity contribution in [1.82, 2.24) is 10.2 Å². The van der Waals surface area contributed by atoms with E-state index in [-0.39, 0.29) is 31.2 Å². The molecule has 0 radical (unpaired) electrons. The van der Waals surface area contributed by atoms with Crippen LogP contribution in [0.2, 0.25) is 0 Å². The van der Waals surface area contributed by atoms with Gasteiger partial charge < -0.3 is 19.7 Å². The molecule has 3 rings (SSSR count). The van der Waals surface area contributed by atoms with Gasteiger partial charge in [-0.05, 0) is 37.5 Å². The van der Waals surface area contributed by atoms with Gasteiger partial charge in [-0.3, -0.25) is 13.9 Å². The van der Waals surface area contributed by atoms with Gasteiger partial charge in [-0.2, -0.15) is 0 Å². The first-order chi connectivity index (χ1) is 17.1. The Morgan fingerprint density at radius 1 is 1.08 bits per heavy atom. The van der Waals surface area contributed by atoms with Crippen LogP contribution in [0.15, 0.2) is 42.5 Å². The summed E-state index contributed by atoms with van der Waals surface area (Å²) in [7, 11) is -2.05. The van der Waals surface area contributed by atoms with Crippen molar-refractivity contribution in [1.29, 1.82) is 0 Å². The molecule has 196 valence electrons. The second kappa shape index (κ2) is 12.1. The normalized spacial score (nSPS) is 13.6. The molecule has 0 saturated heterocycles. The van der Waals surface area contributed by atoms with E-state index in [2.05, 4.69) is 5.32 Å². The molecule has 0 unspecified atom stereocenters. The molecule has 1 heterocycles. The fourth-order valence-corrected chi connectivity index (χ4v) is 5.24. The zero-order chi connectivity index (χ0) is 26.3. The Bertz CT molecular complexity index is 1180. The van der Waals surface area contributed by atoms with E-state index in [1.165, 1.54) is 4.31 Å². The van der Waals surface area contributed by atoms with Gasteiger partial charge in [0.25, 0.3) is 0 Å². The molecule has 1 atom stereocenters. The Hall–Kier alpha value is -3.27. The molecule has 0 fully saturated rings. The number of fused-ring (bicyclic) bond motifs is 1. The number of sulfonamides is 1. The van der Waals surface area contributed by atoms with Gasteiger partial charge in [-0.15, -0.1) is 0 Å². The second-order valence-corrected chi connectivity index (χ2v) is 10.7. The van der Waals surface area contributed by atoms with Crippen LogP contribution in [0.1, 0.15) is 37.3 Å². The molecule has 0 spiro atoms. The Morgan fingerprint density at radius 3 is 2.44 bits per heavy atom. The first-order valence-corrected chi connectivity index (χ1v) is 13.9. The summed E-state index contributed by atoms with van der Waals surface area (Å²) in [5.41, 5.74) is 2.44. The van der Waals surface area contributed by atoms with Crippen molar-refractivity contribution in [2.45, 2.75) is 45.7 Å². The van der Waals surface area contributed by atoms with E-state index in [4.69, 9.17) is 9.47 Å². The third-order valence-electron chi connectivity index (χ3n) is 6.03. The number of nitrogens with one attached hydrogen (secondary N) is 1. The molecule has 2 aromatic rings. The Kier molecular flexibility index (Phi) is 9.19. The van der Waals surface area contributed by atoms with Gasteiger partial charge in [-0.25, -0.2) is 8.42 Å². The predicted molar refractivity (Wildman–Crippen MR) is 139 cm³/mol. The van der Waals surface area contributed by atoms with Crippen molar-refractivity contribution in [3.8, 4) is 11.5 Å². The lowest BCUT2D eigenvalue weighted by Crippen LogP contribution is -2.48. The minimum absolute atomic E-state index is 0.0931. The maximum absolute atomic E-state index is 13.4. The van der Waals surface area contributed by atoms with Gasteiger partial charge in [0.2, 0.25) is 21.8 Å². The molecular weight excluding hydrogens is 482 g/mol. The minimum atomic E-state index is -3.61. The summed E-state index contributed by atoms with van der Waals surface area (Å²) in [5, 5.41) is 2.65. The van der Waals surface area contributed by atoms with Crippen molar-refractivity contribution >= 4 is 27.5 Å². The number of amides is 2. The molecule has 9 nitrogen and oxygen atoms in total. The summed E-state index contributed by atoms with van der Waals surface area (Å²) in [6, 6.07) is 12.2. The maximum atomic E-state index is 13.4. The smallest absolute Gasteiger partial charge is 0.242 e. The van der Waals surface area contributed by atoms with Crippen LogP contribution in [-0.2, 0) is 26.2 Å². The molecular formula is C26H35N3O6S. The molecule has 10 heteroatoms. The van der Waals surface area contributed by atoms with Gasteiger partial charge in [-0.1, -0.05) is 36.8 Å². The quantitative estimate of drug-likeness (QED) is 0.492. The lowest BCUT2D eigenvalue weighted by atomic mass is 10.1. The SMILES string of the molecule is CC[C@H](C(=O)NC)N(Cc1cccc(C)c1)C(=O)CCCN(c1ccc2c(c1)OCCO2)S(C)(=O)=O. The number of ether oxygens (including phenoxy) is 2. The van der Waals surface area contributed by atoms with E-state index in [1.54, 1.807) is 30.1 Å². The largest absolute Gasteiger partial charge is 0.486 e. The van der Waals surface area contributed by atoms with Crippen LogP contribution in [0.3, 0.4) is 0 Å². The minimum Gasteiger partial charge on any atom is -0.486 e. The summed E-state index contributed by atoms with van der Waals surface area (Å²) in [5.74, 6) is 0.625. The fourth-order valence-electron chi connectivity index (χ4n) is 4.28. The van der Waals surface area contributed by atoms with Crippen LogP contribution in [-0.4, -0.2) is 64.2 Å². The van der Waals surface area contributed by atoms with Crippen molar-refractivity contribution in [3.63, 3.8) is 0 Å². The van der Waals surface area contributed by atoms with Crippen molar-refractivity contribution in [3.05, 3.63) is 53.6 Å². The van der Waals surface area contributed by atoms with Gasteiger partial charge in [0.1, 0.15) is 19.3 Å². The third-order valence-corrected chi connectivity index (χ3v) is 7.23. The first-order valence-electron chi connectivity index (χ1n) is 12.1. The van der Waals surface area contributed by atoms with Crippen molar-refractivity contribution < 1.29 is 27.5 Å². The molecule has 0 bridgehead atoms. The summed E-state index contributed by atoms with van der Waals surface area (Å²) >= 11 is 0. The number of hydrogen-bond donors (Lipinski definition) is 1. The Labute approximate surface area is 213 Å². The summed E-state index contributed by atoms with van der Waals surface area (Å²) < 4.78 is 37.5. The van der Waals surface area contributed by atoms with E-state index < -0.39 is 16.1 Å². The molecule has 1 N–H and O–H groups in total. The first kappa shape index (κ1) is 27.3. The van der Waals surface area contributed by atoms with Crippen molar-refractivity contribution in [2.75, 3.05) is 37.4 Å². The van der Waals surface area contributed by atoms with Crippen LogP contribution in [0.4, 0.5) is 5.69 Å². The number of hydrogen-bond acceptors (Lipinski definition) is 6. The molecule has 0 aliphatic carbocycles. The fraction of sp³-hybridized carbons (Fsp3) is 0.462. The average Bonchev–Trinajstić information content (AvgIpc) is 2.85. The molecule has 2 aromatic carbocycles. The molecule has 0 aromatic heterocycles. The highest BCUT2D eigenvalue weighted by Gasteiger charge is 2.28. The molecule has 2 amide bonds. The highest BCUT2D eigenvalue weighted by Crippen LogP contribution is 2.34. The Balaban J connectivity index is 1.75. The standard InChI is InChI=1S/C26H35N3O6S/c1-5-22(26(31)27-3)28(18-20-9-6-8-19(2)16-20)25(30)10-7-13-29(36(4,32)33)21-11-12-23-24(17-21)35-15-14-34-23/h6,8-9,11-12,16-17,22H,5,7,10,13-15,18H2,1-4H3,(H,27,31)/t22-/m1/s1. The highest BCUT2D eigenvalue weighted by atomic mass is 32.2. The van der Waals surface area contributed by atoms with E-state index in [1.807, 2.05) is 38.1 Å². The number of carbonyl (C=O) groups is 2. The molecule has 1 aliphatic heterocycles. The number of rotatable bonds is 11. The van der Waals surface area contributed by atoms with Crippen LogP contribution >= 0.6 is 0 Å². The number of aryl methyl sites for hydroxylation is 1. The maximum Gasteiger partial charge on any atom is 0.242 e. The number of anilines is 1. The highest BCUT2D eigenvalue weighted by molar-refractivity contribution is 7.92. The van der Waals surface area contributed by atoms with Crippen LogP contribution in [0.25, 0.3) is 0 Å². The summed E-state index contributed by atoms with van der Waals surface area (Å²) in [4.78, 5) is 27.5. The van der Waals surface area contributed by atoms with Crippen molar-refractivity contribution in [2.24, 2.45) is 0 Å². The van der Waals surface area contributed by atoms with Gasteiger partial charge in [0.05, 0.1) is 11.9 Å². The van der Waals surface area contributed by atoms with Gasteiger partial charge >= 0.3 is 0 Å². The van der Waals surface area contributed by atoms with Gasteiger partial charge in [0, 0.05) is 32.6 Å². The lowest BCUT2D eigenvalue weighted by molar-refractivity contribution is -0.141. The zero-order valence-corrected chi connectivity index (χ0v) is 22.1. The number of likely N-dealkylation sites (N-methyl/N-ethyl adjacent to an activating group) is 1. The molecule has 0 saturated carbocycles. The molecule has 1 aliphatic rings. The monoisotopic (exact) mass is 517 g/mol. The van der Waals surface area contributed by atoms with Crippen LogP contribution in [0.5, 0.6) is 11.5 Å². The number of benzene rings is 2. The number of carbonyl (C=O) groups excluding carboxylic acids is 2. The van der Waals surface area contributed by atoms with E-state index in [0.29, 0.717) is 43.4 Å². The summed E-state index contributed by atoms with van der Waals surface area (Å²) in [6.07, 6.45) is 1.98. The van der Waals surface area contributed by atoms with E-state index in [9.17, 15) is 18.0 Å². The van der Waals surface area contributed by atoms with Crippen LogP contribution in [0, 0.1) is 6.92 Å². The Morgan fingerprint density at radius 2 is 1.81 bits per heavy atom. The summed E-state index contributed by atoms with van der Waals surface area (Å²) in [6.45, 7) is 5.08. The molecule has 36 heavy (non-hydrogen) atoms. The van der Waals surface area contributed by atoms with Crippen LogP contribution < -0.4 is 19.1 Å². The zero-order valence-electron chi connectivity index (χ0n) is 21.3. The third kappa shape index (κ3) is 6.90. The predicted octanol–water partition coefficient (Wildman–Crippen LogP) is 2.87. The topological polar surface area (TPSA) is 105 Å². The average molecular weight is 518 g/mol. The van der Waals surface area contributed by atoms with Gasteiger partial charge in [0.15, 0.2) is 11.5 Å². The second-order valence-electron chi connectivity index (χ2n) is 8.82. The van der Waals surface area contributed by atoms with E-state index in [0.717, 1.165) is 17.4 Å². The van der Waals surface area contributed by atoms with E-state index >= 15 is 0 Å². The lowest BCUT2D eigenvalue weighted by Gasteiger charge is -2.31. The number of nitrogens with zero attached hydrogens (tertiary/aromatic N) is 2.